The first-order valence-electron chi connectivity index (χ1n) is 10.2. The van der Waals surface area contributed by atoms with E-state index in [4.69, 9.17) is 0 Å². The molecule has 5 rings (SSSR count). The molecule has 0 saturated heterocycles. The van der Waals surface area contributed by atoms with Gasteiger partial charge in [-0.15, -0.1) is 0 Å². The number of imidazole rings is 1. The number of hydrogen-bond donors (Lipinski definition) is 0. The van der Waals surface area contributed by atoms with Crippen LogP contribution in [0.2, 0.25) is 0 Å². The highest BCUT2D eigenvalue weighted by molar-refractivity contribution is 5.92. The predicted octanol–water partition coefficient (Wildman–Crippen LogP) is 3.69. The van der Waals surface area contributed by atoms with Crippen molar-refractivity contribution in [3.8, 4) is 5.69 Å². The average Bonchev–Trinajstić information content (AvgIpc) is 3.38. The van der Waals surface area contributed by atoms with Crippen LogP contribution in [0.3, 0.4) is 0 Å². The summed E-state index contributed by atoms with van der Waals surface area (Å²) in [6.45, 7) is 5.28. The second-order valence-corrected chi connectivity index (χ2v) is 8.15. The summed E-state index contributed by atoms with van der Waals surface area (Å²) in [6, 6.07) is 8.62. The number of carbonyl (C=O) groups excluding carboxylic acids is 1. The normalized spacial score (nSPS) is 17.3. The standard InChI is InChI=1S/C22H24FN5O/c1-14-11-19(25-28(14)15(2)16-3-4-16)22(29)26-10-9-21-20(12-26)24-13-27(21)18-7-5-17(23)6-8-18/h5-8,11,13,15-16H,3-4,9-10,12H2,1-2H3. The van der Waals surface area contributed by atoms with Crippen molar-refractivity contribution >= 4 is 5.91 Å². The second kappa shape index (κ2) is 6.83. The molecular formula is C22H24FN5O. The maximum Gasteiger partial charge on any atom is 0.274 e. The van der Waals surface area contributed by atoms with E-state index in [9.17, 15) is 9.18 Å². The van der Waals surface area contributed by atoms with Crippen LogP contribution in [0, 0.1) is 18.7 Å². The summed E-state index contributed by atoms with van der Waals surface area (Å²) in [6.07, 6.45) is 4.95. The molecule has 0 spiro atoms. The Morgan fingerprint density at radius 2 is 2.00 bits per heavy atom. The number of halogens is 1. The van der Waals surface area contributed by atoms with E-state index in [1.54, 1.807) is 18.5 Å². The van der Waals surface area contributed by atoms with Gasteiger partial charge in [-0.3, -0.25) is 9.48 Å². The van der Waals surface area contributed by atoms with E-state index >= 15 is 0 Å². The molecule has 0 radical (unpaired) electrons. The van der Waals surface area contributed by atoms with Crippen molar-refractivity contribution in [2.45, 2.75) is 45.7 Å². The van der Waals surface area contributed by atoms with Crippen LogP contribution in [-0.4, -0.2) is 36.7 Å². The largest absolute Gasteiger partial charge is 0.331 e. The summed E-state index contributed by atoms with van der Waals surface area (Å²) in [5.74, 6) is 0.381. The number of fused-ring (bicyclic) bond motifs is 1. The monoisotopic (exact) mass is 393 g/mol. The molecule has 1 aliphatic heterocycles. The summed E-state index contributed by atoms with van der Waals surface area (Å²) in [5.41, 5.74) is 4.38. The highest BCUT2D eigenvalue weighted by atomic mass is 19.1. The molecule has 150 valence electrons. The number of carbonyl (C=O) groups is 1. The Morgan fingerprint density at radius 1 is 1.24 bits per heavy atom. The molecule has 1 aromatic carbocycles. The lowest BCUT2D eigenvalue weighted by Gasteiger charge is -2.26. The molecule has 1 aliphatic carbocycles. The van der Waals surface area contributed by atoms with Gasteiger partial charge in [0, 0.05) is 30.0 Å². The molecule has 2 aliphatic rings. The summed E-state index contributed by atoms with van der Waals surface area (Å²) in [7, 11) is 0. The van der Waals surface area contributed by atoms with Crippen molar-refractivity contribution in [3.63, 3.8) is 0 Å². The third-order valence-corrected chi connectivity index (χ3v) is 6.14. The molecule has 6 nitrogen and oxygen atoms in total. The van der Waals surface area contributed by atoms with Crippen molar-refractivity contribution in [1.29, 1.82) is 0 Å². The summed E-state index contributed by atoms with van der Waals surface area (Å²) >= 11 is 0. The number of rotatable bonds is 4. The molecule has 1 atom stereocenters. The van der Waals surface area contributed by atoms with Crippen LogP contribution in [0.4, 0.5) is 4.39 Å². The fourth-order valence-corrected chi connectivity index (χ4v) is 4.25. The number of hydrogen-bond acceptors (Lipinski definition) is 3. The third-order valence-electron chi connectivity index (χ3n) is 6.14. The quantitative estimate of drug-likeness (QED) is 0.679. The van der Waals surface area contributed by atoms with Crippen LogP contribution in [0.1, 0.15) is 53.4 Å². The number of aromatic nitrogens is 4. The summed E-state index contributed by atoms with van der Waals surface area (Å²) in [4.78, 5) is 19.4. The highest BCUT2D eigenvalue weighted by Gasteiger charge is 2.32. The van der Waals surface area contributed by atoms with Crippen molar-refractivity contribution in [1.82, 2.24) is 24.2 Å². The molecule has 1 saturated carbocycles. The van der Waals surface area contributed by atoms with Crippen molar-refractivity contribution in [2.75, 3.05) is 6.54 Å². The predicted molar refractivity (Wildman–Crippen MR) is 106 cm³/mol. The summed E-state index contributed by atoms with van der Waals surface area (Å²) < 4.78 is 17.2. The number of benzene rings is 1. The van der Waals surface area contributed by atoms with Crippen molar-refractivity contribution in [2.24, 2.45) is 5.92 Å². The van der Waals surface area contributed by atoms with Gasteiger partial charge in [0.1, 0.15) is 5.82 Å². The molecule has 0 N–H and O–H groups in total. The molecule has 3 heterocycles. The Morgan fingerprint density at radius 3 is 2.72 bits per heavy atom. The Hall–Kier alpha value is -2.96. The van der Waals surface area contributed by atoms with Gasteiger partial charge in [-0.05, 0) is 62.9 Å². The Labute approximate surface area is 169 Å². The lowest BCUT2D eigenvalue weighted by Crippen LogP contribution is -2.36. The molecule has 0 bridgehead atoms. The topological polar surface area (TPSA) is 56.0 Å². The second-order valence-electron chi connectivity index (χ2n) is 8.15. The smallest absolute Gasteiger partial charge is 0.274 e. The van der Waals surface area contributed by atoms with Gasteiger partial charge < -0.3 is 9.47 Å². The van der Waals surface area contributed by atoms with Crippen LogP contribution >= 0.6 is 0 Å². The molecule has 1 amide bonds. The van der Waals surface area contributed by atoms with Crippen LogP contribution in [0.5, 0.6) is 0 Å². The van der Waals surface area contributed by atoms with Gasteiger partial charge in [0.15, 0.2) is 5.69 Å². The van der Waals surface area contributed by atoms with Gasteiger partial charge in [0.05, 0.1) is 24.6 Å². The van der Waals surface area contributed by atoms with Crippen LogP contribution in [-0.2, 0) is 13.0 Å². The number of amides is 1. The van der Waals surface area contributed by atoms with E-state index in [1.165, 1.54) is 25.0 Å². The molecule has 7 heteroatoms. The van der Waals surface area contributed by atoms with E-state index in [-0.39, 0.29) is 11.7 Å². The molecule has 29 heavy (non-hydrogen) atoms. The molecular weight excluding hydrogens is 369 g/mol. The van der Waals surface area contributed by atoms with Gasteiger partial charge in [-0.25, -0.2) is 9.37 Å². The van der Waals surface area contributed by atoms with Gasteiger partial charge in [0.2, 0.25) is 0 Å². The first-order chi connectivity index (χ1) is 14.0. The molecule has 1 fully saturated rings. The van der Waals surface area contributed by atoms with E-state index in [2.05, 4.69) is 17.0 Å². The lowest BCUT2D eigenvalue weighted by atomic mass is 10.1. The van der Waals surface area contributed by atoms with E-state index < -0.39 is 0 Å². The Balaban J connectivity index is 1.35. The van der Waals surface area contributed by atoms with Gasteiger partial charge >= 0.3 is 0 Å². The van der Waals surface area contributed by atoms with Gasteiger partial charge in [-0.2, -0.15) is 5.10 Å². The van der Waals surface area contributed by atoms with Crippen LogP contribution in [0.15, 0.2) is 36.7 Å². The number of nitrogens with zero attached hydrogens (tertiary/aromatic N) is 5. The minimum absolute atomic E-state index is 0.0446. The average molecular weight is 393 g/mol. The van der Waals surface area contributed by atoms with E-state index in [1.807, 2.05) is 27.1 Å². The number of aryl methyl sites for hydroxylation is 1. The zero-order chi connectivity index (χ0) is 20.1. The van der Waals surface area contributed by atoms with Crippen LogP contribution < -0.4 is 0 Å². The maximum absolute atomic E-state index is 13.2. The highest BCUT2D eigenvalue weighted by Crippen LogP contribution is 2.39. The van der Waals surface area contributed by atoms with E-state index in [0.29, 0.717) is 37.2 Å². The minimum atomic E-state index is -0.259. The molecule has 1 unspecified atom stereocenters. The zero-order valence-corrected chi connectivity index (χ0v) is 16.7. The van der Waals surface area contributed by atoms with Gasteiger partial charge in [-0.1, -0.05) is 0 Å². The molecule has 3 aromatic rings. The fourth-order valence-electron chi connectivity index (χ4n) is 4.25. The summed E-state index contributed by atoms with van der Waals surface area (Å²) in [5, 5.41) is 4.63. The first kappa shape index (κ1) is 18.1. The third kappa shape index (κ3) is 3.24. The van der Waals surface area contributed by atoms with Crippen molar-refractivity contribution in [3.05, 3.63) is 65.3 Å². The first-order valence-corrected chi connectivity index (χ1v) is 10.2. The SMILES string of the molecule is Cc1cc(C(=O)N2CCc3c(ncn3-c3ccc(F)cc3)C2)nn1C(C)C1CC1. The molecule has 2 aromatic heterocycles. The zero-order valence-electron chi connectivity index (χ0n) is 16.7. The van der Waals surface area contributed by atoms with Crippen molar-refractivity contribution < 1.29 is 9.18 Å². The lowest BCUT2D eigenvalue weighted by molar-refractivity contribution is 0.0724. The van der Waals surface area contributed by atoms with Gasteiger partial charge in [0.25, 0.3) is 5.91 Å². The Kier molecular flexibility index (Phi) is 4.26. The Bertz CT molecular complexity index is 1060. The van der Waals surface area contributed by atoms with E-state index in [0.717, 1.165) is 22.8 Å². The minimum Gasteiger partial charge on any atom is -0.331 e. The van der Waals surface area contributed by atoms with Crippen LogP contribution in [0.25, 0.3) is 5.69 Å². The maximum atomic E-state index is 13.2. The fraction of sp³-hybridized carbons (Fsp3) is 0.409.